The van der Waals surface area contributed by atoms with Gasteiger partial charge >= 0.3 is 5.97 Å². The average molecular weight is 486 g/mol. The topological polar surface area (TPSA) is 96.0 Å². The van der Waals surface area contributed by atoms with E-state index in [-0.39, 0.29) is 60.2 Å². The largest absolute Gasteiger partial charge is 0.854 e. The molecule has 0 aromatic carbocycles. The maximum atomic E-state index is 13.4. The van der Waals surface area contributed by atoms with Gasteiger partial charge in [-0.25, -0.2) is 0 Å². The van der Waals surface area contributed by atoms with E-state index in [1.165, 1.54) is 0 Å². The van der Waals surface area contributed by atoms with Gasteiger partial charge in [0, 0.05) is 24.2 Å². The third-order valence-electron chi connectivity index (χ3n) is 10.7. The molecule has 0 amide bonds. The van der Waals surface area contributed by atoms with Crippen LogP contribution < -0.4 is 5.11 Å². The van der Waals surface area contributed by atoms with Crippen LogP contribution in [0.3, 0.4) is 0 Å². The summed E-state index contributed by atoms with van der Waals surface area (Å²) in [5.74, 6) is 0.00775. The molecule has 194 valence electrons. The molecule has 2 aliphatic heterocycles. The first-order valence-corrected chi connectivity index (χ1v) is 13.7. The zero-order valence-corrected chi connectivity index (χ0v) is 22.0. The summed E-state index contributed by atoms with van der Waals surface area (Å²) in [6.45, 7) is 12.3. The first-order valence-electron chi connectivity index (χ1n) is 13.7. The van der Waals surface area contributed by atoms with Gasteiger partial charge in [-0.2, -0.15) is 0 Å². The Morgan fingerprint density at radius 3 is 2.49 bits per heavy atom. The van der Waals surface area contributed by atoms with Crippen molar-refractivity contribution in [1.82, 2.24) is 0 Å². The van der Waals surface area contributed by atoms with Crippen molar-refractivity contribution in [2.24, 2.45) is 52.8 Å². The summed E-state index contributed by atoms with van der Waals surface area (Å²) in [4.78, 5) is 39.5. The molecule has 4 unspecified atom stereocenters. The fourth-order valence-electron chi connectivity index (χ4n) is 9.14. The minimum Gasteiger partial charge on any atom is -0.854 e. The lowest BCUT2D eigenvalue weighted by Crippen LogP contribution is -2.71. The van der Waals surface area contributed by atoms with Crippen LogP contribution in [-0.4, -0.2) is 42.0 Å². The first kappa shape index (κ1) is 25.1. The van der Waals surface area contributed by atoms with Gasteiger partial charge in [0.1, 0.15) is 17.5 Å². The molecule has 6 heteroatoms. The third-order valence-corrected chi connectivity index (χ3v) is 10.7. The third kappa shape index (κ3) is 3.45. The second-order valence-electron chi connectivity index (χ2n) is 13.0. The van der Waals surface area contributed by atoms with Crippen molar-refractivity contribution in [3.05, 3.63) is 11.6 Å². The molecule has 0 bridgehead atoms. The number of ketones is 2. The van der Waals surface area contributed by atoms with Crippen molar-refractivity contribution in [1.29, 1.82) is 0 Å². The lowest BCUT2D eigenvalue weighted by atomic mass is 9.42. The second kappa shape index (κ2) is 8.51. The number of ether oxygens (including phenoxy) is 2. The van der Waals surface area contributed by atoms with E-state index in [0.717, 1.165) is 18.4 Å². The zero-order valence-electron chi connectivity index (χ0n) is 22.0. The highest BCUT2D eigenvalue weighted by Gasteiger charge is 2.79. The van der Waals surface area contributed by atoms with E-state index in [1.807, 2.05) is 6.92 Å². The monoisotopic (exact) mass is 485 g/mol. The summed E-state index contributed by atoms with van der Waals surface area (Å²) < 4.78 is 12.4. The molecule has 35 heavy (non-hydrogen) atoms. The molecule has 2 saturated carbocycles. The van der Waals surface area contributed by atoms with E-state index in [1.54, 1.807) is 6.08 Å². The standard InChI is InChI=1S/C29H41O6/c1-14(2)19(15(3)4)10-18(31)11-20-25-16(5)7-8-23-28(25,13-30)24(34-27(20)33)12-21-17(6)9-22(32)26-29(21,23)35-26/h9,14-16,19-21,23-26H,7-8,10-13H2,1-6H3/q-1/t16-,20?,21?,23?,24+,25?,26+,28-,29+/m0/s1. The van der Waals surface area contributed by atoms with Gasteiger partial charge in [0.2, 0.25) is 0 Å². The van der Waals surface area contributed by atoms with Crippen LogP contribution in [0.15, 0.2) is 11.6 Å². The van der Waals surface area contributed by atoms with Crippen molar-refractivity contribution in [2.75, 3.05) is 6.61 Å². The molecule has 1 spiro atoms. The van der Waals surface area contributed by atoms with E-state index in [0.29, 0.717) is 24.7 Å². The predicted molar refractivity (Wildman–Crippen MR) is 128 cm³/mol. The van der Waals surface area contributed by atoms with Crippen LogP contribution in [0.25, 0.3) is 0 Å². The van der Waals surface area contributed by atoms with Crippen molar-refractivity contribution in [3.63, 3.8) is 0 Å². The molecule has 2 heterocycles. The summed E-state index contributed by atoms with van der Waals surface area (Å²) >= 11 is 0. The van der Waals surface area contributed by atoms with Gasteiger partial charge in [0.05, 0.1) is 5.92 Å². The van der Waals surface area contributed by atoms with Gasteiger partial charge in [-0.3, -0.25) is 14.4 Å². The van der Waals surface area contributed by atoms with Crippen LogP contribution in [-0.2, 0) is 23.9 Å². The summed E-state index contributed by atoms with van der Waals surface area (Å²) in [6, 6.07) is 0. The van der Waals surface area contributed by atoms with E-state index in [2.05, 4.69) is 34.6 Å². The van der Waals surface area contributed by atoms with E-state index >= 15 is 0 Å². The fourth-order valence-corrected chi connectivity index (χ4v) is 9.14. The van der Waals surface area contributed by atoms with E-state index in [9.17, 15) is 19.5 Å². The molecule has 0 radical (unpaired) electrons. The van der Waals surface area contributed by atoms with Crippen molar-refractivity contribution < 1.29 is 29.0 Å². The number of carbonyl (C=O) groups excluding carboxylic acids is 3. The van der Waals surface area contributed by atoms with Gasteiger partial charge in [-0.1, -0.05) is 46.6 Å². The maximum Gasteiger partial charge on any atom is 0.309 e. The summed E-state index contributed by atoms with van der Waals surface area (Å²) in [5, 5.41) is 13.3. The van der Waals surface area contributed by atoms with Crippen molar-refractivity contribution in [2.45, 2.75) is 91.5 Å². The average Bonchev–Trinajstić information content (AvgIpc) is 3.53. The highest BCUT2D eigenvalue weighted by molar-refractivity contribution is 5.99. The second-order valence-corrected chi connectivity index (χ2v) is 13.0. The van der Waals surface area contributed by atoms with Crippen LogP contribution in [0, 0.1) is 52.8 Å². The fraction of sp³-hybridized carbons (Fsp3) is 0.828. The van der Waals surface area contributed by atoms with Crippen LogP contribution in [0.4, 0.5) is 0 Å². The molecule has 0 aromatic rings. The molecule has 6 nitrogen and oxygen atoms in total. The number of esters is 1. The normalized spacial score (nSPS) is 43.9. The molecular formula is C29H41O6-. The minimum atomic E-state index is -0.783. The first-order chi connectivity index (χ1) is 16.5. The Morgan fingerprint density at radius 1 is 1.17 bits per heavy atom. The smallest absolute Gasteiger partial charge is 0.309 e. The van der Waals surface area contributed by atoms with Crippen LogP contribution in [0.2, 0.25) is 0 Å². The lowest BCUT2D eigenvalue weighted by molar-refractivity contribution is -0.426. The van der Waals surface area contributed by atoms with Gasteiger partial charge in [-0.15, -0.1) is 6.61 Å². The van der Waals surface area contributed by atoms with E-state index in [4.69, 9.17) is 9.47 Å². The minimum absolute atomic E-state index is 0.00126. The molecule has 0 N–H and O–H groups in total. The summed E-state index contributed by atoms with van der Waals surface area (Å²) in [7, 11) is 0. The van der Waals surface area contributed by atoms with Gasteiger partial charge in [-0.05, 0) is 61.3 Å². The predicted octanol–water partition coefficient (Wildman–Crippen LogP) is 3.50. The number of epoxide rings is 1. The summed E-state index contributed by atoms with van der Waals surface area (Å²) in [5.41, 5.74) is -0.441. The zero-order chi connectivity index (χ0) is 25.4. The molecule has 5 rings (SSSR count). The maximum absolute atomic E-state index is 13.4. The summed E-state index contributed by atoms with van der Waals surface area (Å²) in [6.07, 6.45) is 3.51. The Morgan fingerprint density at radius 2 is 1.86 bits per heavy atom. The molecule has 9 atom stereocenters. The highest BCUT2D eigenvalue weighted by atomic mass is 16.6. The van der Waals surface area contributed by atoms with Gasteiger partial charge in [0.15, 0.2) is 11.9 Å². The highest BCUT2D eigenvalue weighted by Crippen LogP contribution is 2.71. The Bertz CT molecular complexity index is 943. The SMILES string of the molecule is CC1=CC(=O)[C@H]2O[C@@]23C1C[C@H]1OC(=O)C(CC(=O)CC(C(C)C)C(C)C)C2[C@@H](C)CCC3[C@]21C[O-]. The number of rotatable bonds is 7. The van der Waals surface area contributed by atoms with Gasteiger partial charge < -0.3 is 14.6 Å². The lowest BCUT2D eigenvalue weighted by Gasteiger charge is -2.66. The Labute approximate surface area is 209 Å². The molecule has 4 fully saturated rings. The van der Waals surface area contributed by atoms with Crippen molar-refractivity contribution >= 4 is 17.5 Å². The molecule has 2 saturated heterocycles. The van der Waals surface area contributed by atoms with E-state index < -0.39 is 29.1 Å². The van der Waals surface area contributed by atoms with Gasteiger partial charge in [0.25, 0.3) is 0 Å². The Balaban J connectivity index is 1.49. The number of Topliss-reactive ketones (excluding diaryl/α,β-unsaturated/α-hetero) is 1. The number of hydrogen-bond acceptors (Lipinski definition) is 6. The molecule has 3 aliphatic carbocycles. The number of carbonyl (C=O) groups is 3. The van der Waals surface area contributed by atoms with Crippen LogP contribution in [0.5, 0.6) is 0 Å². The van der Waals surface area contributed by atoms with Crippen LogP contribution >= 0.6 is 0 Å². The molecular weight excluding hydrogens is 444 g/mol. The Kier molecular flexibility index (Phi) is 6.11. The quantitative estimate of drug-likeness (QED) is 0.405. The molecule has 5 aliphatic rings. The van der Waals surface area contributed by atoms with Crippen LogP contribution in [0.1, 0.15) is 73.6 Å². The molecule has 0 aromatic heterocycles. The number of hydrogen-bond donors (Lipinski definition) is 0. The Hall–Kier alpha value is -1.53. The van der Waals surface area contributed by atoms with Crippen molar-refractivity contribution in [3.8, 4) is 0 Å².